The molecule has 2 aromatic carbocycles. The molecule has 2 unspecified atom stereocenters. The number of pyridine rings is 1. The third-order valence-corrected chi connectivity index (χ3v) is 8.04. The van der Waals surface area contributed by atoms with Crippen molar-refractivity contribution in [3.05, 3.63) is 68.9 Å². The van der Waals surface area contributed by atoms with Crippen LogP contribution >= 0.6 is 31.0 Å². The number of hydrogen-bond acceptors (Lipinski definition) is 7. The summed E-state index contributed by atoms with van der Waals surface area (Å²) in [5, 5.41) is 1.88. The van der Waals surface area contributed by atoms with Crippen LogP contribution < -0.4 is 20.1 Å². The fraction of sp³-hybridized carbons (Fsp3) is 0.444. The van der Waals surface area contributed by atoms with Crippen molar-refractivity contribution in [1.29, 1.82) is 0 Å². The third kappa shape index (κ3) is 7.76. The maximum atomic E-state index is 12.7. The number of anilines is 1. The molecule has 12 heteroatoms. The summed E-state index contributed by atoms with van der Waals surface area (Å²) >= 11 is 12.5. The first kappa shape index (κ1) is 29.9. The lowest BCUT2D eigenvalue weighted by Crippen LogP contribution is -2.46. The largest absolute Gasteiger partial charge is 0.756 e. The lowest BCUT2D eigenvalue weighted by Gasteiger charge is -2.36. The molecule has 212 valence electrons. The second kappa shape index (κ2) is 13.0. The number of benzene rings is 2. The zero-order chi connectivity index (χ0) is 28.2. The van der Waals surface area contributed by atoms with Crippen molar-refractivity contribution in [3.8, 4) is 5.75 Å². The van der Waals surface area contributed by atoms with Gasteiger partial charge in [0, 0.05) is 38.3 Å². The van der Waals surface area contributed by atoms with Crippen molar-refractivity contribution in [1.82, 2.24) is 9.47 Å². The second-order valence-corrected chi connectivity index (χ2v) is 11.9. The Bertz CT molecular complexity index is 1390. The molecule has 1 saturated heterocycles. The van der Waals surface area contributed by atoms with Gasteiger partial charge in [-0.2, -0.15) is 0 Å². The predicted molar refractivity (Wildman–Crippen MR) is 153 cm³/mol. The molecule has 1 N–H and O–H groups in total. The number of nitrogens with zero attached hydrogens (tertiary/aromatic N) is 3. The van der Waals surface area contributed by atoms with E-state index in [1.807, 2.05) is 18.2 Å². The van der Waals surface area contributed by atoms with Crippen LogP contribution in [0.1, 0.15) is 32.9 Å². The summed E-state index contributed by atoms with van der Waals surface area (Å²) in [6.45, 7) is 8.52. The minimum absolute atomic E-state index is 0.406. The lowest BCUT2D eigenvalue weighted by atomic mass is 10.1. The fourth-order valence-corrected chi connectivity index (χ4v) is 5.79. The number of phosphoric acid groups is 1. The molecule has 39 heavy (non-hydrogen) atoms. The Balaban J connectivity index is 1.31. The molecule has 0 radical (unpaired) electrons. The predicted octanol–water partition coefficient (Wildman–Crippen LogP) is 4.92. The van der Waals surface area contributed by atoms with Crippen molar-refractivity contribution in [3.63, 3.8) is 0 Å². The molecule has 2 atom stereocenters. The van der Waals surface area contributed by atoms with E-state index in [0.717, 1.165) is 51.3 Å². The number of aromatic nitrogens is 1. The summed E-state index contributed by atoms with van der Waals surface area (Å²) in [6.07, 6.45) is 0.622. The van der Waals surface area contributed by atoms with Crippen LogP contribution in [0.15, 0.2) is 53.3 Å². The molecule has 2 heterocycles. The summed E-state index contributed by atoms with van der Waals surface area (Å²) < 4.78 is 23.6. The molecule has 3 aromatic rings. The molecule has 0 saturated carbocycles. The number of phosphoric ester groups is 1. The van der Waals surface area contributed by atoms with E-state index in [1.165, 1.54) is 10.6 Å². The maximum absolute atomic E-state index is 12.7. The Morgan fingerprint density at radius 3 is 2.46 bits per heavy atom. The highest BCUT2D eigenvalue weighted by Gasteiger charge is 2.24. The van der Waals surface area contributed by atoms with Gasteiger partial charge in [0.25, 0.3) is 13.4 Å². The molecule has 0 spiro atoms. The van der Waals surface area contributed by atoms with E-state index in [2.05, 4.69) is 9.80 Å². The van der Waals surface area contributed by atoms with Crippen LogP contribution in [0.4, 0.5) is 5.69 Å². The Kier molecular flexibility index (Phi) is 9.99. The van der Waals surface area contributed by atoms with Gasteiger partial charge >= 0.3 is 0 Å². The van der Waals surface area contributed by atoms with Crippen LogP contribution in [0.5, 0.6) is 5.75 Å². The average Bonchev–Trinajstić information content (AvgIpc) is 2.89. The molecule has 1 fully saturated rings. The Morgan fingerprint density at radius 1 is 1.05 bits per heavy atom. The van der Waals surface area contributed by atoms with Crippen molar-refractivity contribution in [2.45, 2.75) is 32.9 Å². The monoisotopic (exact) mass is 596 g/mol. The molecule has 0 bridgehead atoms. The van der Waals surface area contributed by atoms with Crippen molar-refractivity contribution < 1.29 is 23.6 Å². The molecule has 1 aromatic heterocycles. The number of halogens is 2. The zero-order valence-electron chi connectivity index (χ0n) is 22.0. The Hall–Kier alpha value is -2.10. The quantitative estimate of drug-likeness (QED) is 0.245. The highest BCUT2D eigenvalue weighted by Crippen LogP contribution is 2.40. The topological polar surface area (TPSA) is 107 Å². The average molecular weight is 597 g/mol. The van der Waals surface area contributed by atoms with E-state index in [-0.39, 0.29) is 0 Å². The van der Waals surface area contributed by atoms with Crippen molar-refractivity contribution in [2.75, 3.05) is 44.2 Å². The minimum Gasteiger partial charge on any atom is -0.756 e. The van der Waals surface area contributed by atoms with E-state index < -0.39 is 25.5 Å². The van der Waals surface area contributed by atoms with E-state index in [9.17, 15) is 19.1 Å². The molecular formula is C27H33Cl2N3O6P-. The number of unbranched alkanes of at least 4 members (excludes halogenated alkanes) is 1. The van der Waals surface area contributed by atoms with E-state index >= 15 is 0 Å². The smallest absolute Gasteiger partial charge is 0.267 e. The summed E-state index contributed by atoms with van der Waals surface area (Å²) in [7, 11) is -5.07. The molecular weight excluding hydrogens is 564 g/mol. The molecule has 0 amide bonds. The molecule has 0 aliphatic carbocycles. The molecule has 9 nitrogen and oxygen atoms in total. The van der Waals surface area contributed by atoms with Crippen LogP contribution in [-0.4, -0.2) is 53.7 Å². The van der Waals surface area contributed by atoms with Crippen molar-refractivity contribution in [2.24, 2.45) is 5.92 Å². The Morgan fingerprint density at radius 2 is 1.77 bits per heavy atom. The van der Waals surface area contributed by atoms with Gasteiger partial charge in [-0.25, -0.2) is 0 Å². The zero-order valence-corrected chi connectivity index (χ0v) is 24.4. The van der Waals surface area contributed by atoms with E-state index in [0.29, 0.717) is 33.3 Å². The van der Waals surface area contributed by atoms with Gasteiger partial charge in [0.15, 0.2) is 0 Å². The normalized spacial score (nSPS) is 16.9. The lowest BCUT2D eigenvalue weighted by molar-refractivity contribution is -0.229. The number of piperazine rings is 1. The first-order valence-corrected chi connectivity index (χ1v) is 15.2. The standard InChI is InChI=1S/C27H34Cl2N3O6P/c1-19(2)27(38-39(34,35)36)32-24-18-21(10-8-20(24)9-11-25(32)33)37-17-4-3-12-30-13-15-31(16-14-30)23-7-5-6-22(28)26(23)29/h5-11,18-19,27H,3-4,12-17H2,1-2H3,(H2,34,35,36)/p-1. The summed E-state index contributed by atoms with van der Waals surface area (Å²) in [4.78, 5) is 38.1. The number of ether oxygens (including phenoxy) is 1. The van der Waals surface area contributed by atoms with E-state index in [4.69, 9.17) is 32.5 Å². The van der Waals surface area contributed by atoms with Crippen molar-refractivity contribution >= 4 is 47.6 Å². The van der Waals surface area contributed by atoms with Crippen LogP contribution in [0.25, 0.3) is 10.9 Å². The SMILES string of the molecule is CC(C)C(OP(=O)([O-])O)n1c(=O)ccc2ccc(OCCCCN3CCN(c4cccc(Cl)c4Cl)CC3)cc21. The van der Waals surface area contributed by atoms with Crippen LogP contribution in [-0.2, 0) is 9.09 Å². The Labute approximate surface area is 238 Å². The maximum Gasteiger partial charge on any atom is 0.267 e. The van der Waals surface area contributed by atoms with Gasteiger partial charge in [-0.15, -0.1) is 0 Å². The van der Waals surface area contributed by atoms with Gasteiger partial charge in [0.2, 0.25) is 0 Å². The highest BCUT2D eigenvalue weighted by molar-refractivity contribution is 7.44. The third-order valence-electron chi connectivity index (χ3n) is 6.75. The first-order chi connectivity index (χ1) is 18.5. The van der Waals surface area contributed by atoms with Gasteiger partial charge in [-0.1, -0.05) is 43.1 Å². The summed E-state index contributed by atoms with van der Waals surface area (Å²) in [5.74, 6) is 0.155. The van der Waals surface area contributed by atoms with Gasteiger partial charge in [0.05, 0.1) is 27.9 Å². The number of rotatable bonds is 11. The highest BCUT2D eigenvalue weighted by atomic mass is 35.5. The van der Waals surface area contributed by atoms with Gasteiger partial charge < -0.3 is 19.4 Å². The van der Waals surface area contributed by atoms with Gasteiger partial charge in [0.1, 0.15) is 12.0 Å². The van der Waals surface area contributed by atoms with E-state index in [1.54, 1.807) is 38.1 Å². The molecule has 4 rings (SSSR count). The van der Waals surface area contributed by atoms with Gasteiger partial charge in [-0.3, -0.25) is 23.4 Å². The van der Waals surface area contributed by atoms with Crippen LogP contribution in [0.2, 0.25) is 10.0 Å². The van der Waals surface area contributed by atoms with Crippen LogP contribution in [0.3, 0.4) is 0 Å². The summed E-state index contributed by atoms with van der Waals surface area (Å²) in [5.41, 5.74) is 0.997. The number of fused-ring (bicyclic) bond motifs is 1. The van der Waals surface area contributed by atoms with Gasteiger partial charge in [-0.05, 0) is 61.0 Å². The molecule has 1 aliphatic heterocycles. The summed E-state index contributed by atoms with van der Waals surface area (Å²) in [6, 6.07) is 14.0. The number of hydrogen-bond donors (Lipinski definition) is 1. The second-order valence-electron chi connectivity index (χ2n) is 9.93. The minimum atomic E-state index is -5.07. The first-order valence-electron chi connectivity index (χ1n) is 12.9. The molecule has 1 aliphatic rings. The van der Waals surface area contributed by atoms with Crippen LogP contribution in [0, 0.1) is 5.92 Å². The fourth-order valence-electron chi connectivity index (χ4n) is 4.77.